The second-order valence-corrected chi connectivity index (χ2v) is 8.55. The third-order valence-corrected chi connectivity index (χ3v) is 6.62. The van der Waals surface area contributed by atoms with Gasteiger partial charge >= 0.3 is 0 Å². The lowest BCUT2D eigenvalue weighted by atomic mass is 9.87. The molecule has 0 aromatic carbocycles. The molecule has 4 aromatic rings. The van der Waals surface area contributed by atoms with E-state index < -0.39 is 0 Å². The van der Waals surface area contributed by atoms with Crippen LogP contribution in [0.1, 0.15) is 41.1 Å². The number of rotatable bonds is 5. The summed E-state index contributed by atoms with van der Waals surface area (Å²) >= 11 is 2.86. The van der Waals surface area contributed by atoms with Gasteiger partial charge in [-0.05, 0) is 24.4 Å². The number of aromatic nitrogens is 7. The average Bonchev–Trinajstić information content (AvgIpc) is 3.65. The van der Waals surface area contributed by atoms with E-state index in [0.717, 1.165) is 52.7 Å². The number of imidazole rings is 1. The molecule has 2 aliphatic rings. The van der Waals surface area contributed by atoms with Crippen LogP contribution in [0, 0.1) is 0 Å². The van der Waals surface area contributed by atoms with Crippen LogP contribution < -0.4 is 0 Å². The van der Waals surface area contributed by atoms with Gasteiger partial charge in [-0.15, -0.1) is 21.5 Å². The maximum absolute atomic E-state index is 6.09. The van der Waals surface area contributed by atoms with Gasteiger partial charge in [0.25, 0.3) is 0 Å². The summed E-state index contributed by atoms with van der Waals surface area (Å²) in [5.74, 6) is 0.772. The Balaban J connectivity index is 1.65. The SMILES string of the molecule is C1=C(c2csnn2)C(c2nccs2)=C(c2conn2)C(c2ncc[nH]2)N1C1CCCO1. The van der Waals surface area contributed by atoms with Crippen molar-refractivity contribution < 1.29 is 9.26 Å². The van der Waals surface area contributed by atoms with Crippen LogP contribution in [-0.2, 0) is 4.74 Å². The maximum atomic E-state index is 6.09. The van der Waals surface area contributed by atoms with Gasteiger partial charge in [-0.2, -0.15) is 0 Å². The van der Waals surface area contributed by atoms with E-state index >= 15 is 0 Å². The summed E-state index contributed by atoms with van der Waals surface area (Å²) in [7, 11) is 0. The molecule has 0 aliphatic carbocycles. The molecular formula is C19H16N8O2S2. The largest absolute Gasteiger partial charge is 0.358 e. The summed E-state index contributed by atoms with van der Waals surface area (Å²) < 4.78 is 15.3. The Labute approximate surface area is 184 Å². The quantitative estimate of drug-likeness (QED) is 0.486. The number of nitrogens with zero attached hydrogens (tertiary/aromatic N) is 7. The van der Waals surface area contributed by atoms with Crippen molar-refractivity contribution in [2.75, 3.05) is 6.61 Å². The molecule has 4 aromatic heterocycles. The fourth-order valence-corrected chi connectivity index (χ4v) is 5.24. The molecule has 1 fully saturated rings. The van der Waals surface area contributed by atoms with Crippen LogP contribution >= 0.6 is 22.9 Å². The van der Waals surface area contributed by atoms with E-state index in [1.54, 1.807) is 30.0 Å². The molecule has 6 rings (SSSR count). The highest BCUT2D eigenvalue weighted by molar-refractivity contribution is 7.11. The zero-order valence-corrected chi connectivity index (χ0v) is 17.7. The van der Waals surface area contributed by atoms with E-state index in [1.807, 2.05) is 17.0 Å². The molecule has 2 unspecified atom stereocenters. The number of nitrogens with one attached hydrogen (secondary N) is 1. The summed E-state index contributed by atoms with van der Waals surface area (Å²) in [4.78, 5) is 14.7. The van der Waals surface area contributed by atoms with Gasteiger partial charge < -0.3 is 19.1 Å². The maximum Gasteiger partial charge on any atom is 0.152 e. The van der Waals surface area contributed by atoms with Gasteiger partial charge in [0, 0.05) is 64.1 Å². The lowest BCUT2D eigenvalue weighted by Gasteiger charge is -2.39. The van der Waals surface area contributed by atoms with Gasteiger partial charge in [-0.25, -0.2) is 9.97 Å². The lowest BCUT2D eigenvalue weighted by Crippen LogP contribution is -2.37. The van der Waals surface area contributed by atoms with Crippen LogP contribution in [-0.4, -0.2) is 52.6 Å². The normalized spacial score (nSPS) is 21.7. The van der Waals surface area contributed by atoms with Crippen molar-refractivity contribution in [3.8, 4) is 0 Å². The molecule has 0 amide bonds. The average molecular weight is 453 g/mol. The molecule has 0 saturated carbocycles. The van der Waals surface area contributed by atoms with Crippen LogP contribution in [0.3, 0.4) is 0 Å². The van der Waals surface area contributed by atoms with Crippen molar-refractivity contribution in [1.29, 1.82) is 0 Å². The van der Waals surface area contributed by atoms with Crippen LogP contribution in [0.2, 0.25) is 0 Å². The summed E-state index contributed by atoms with van der Waals surface area (Å²) in [5, 5.41) is 17.1. The number of hydrogen-bond acceptors (Lipinski definition) is 11. The predicted octanol–water partition coefficient (Wildman–Crippen LogP) is 3.25. The first kappa shape index (κ1) is 18.5. The molecule has 0 spiro atoms. The standard InChI is InChI=1S/C19H16N8O2S2/c1-2-14(28-6-1)27-8-11(13-10-31-26-24-13)15(19-22-5-7-30-19)16(12-9-29-25-23-12)17(27)18-20-3-4-21-18/h3-5,7-10,14,17H,1-2,6H2,(H,20,21). The van der Waals surface area contributed by atoms with Gasteiger partial charge in [-0.3, -0.25) is 0 Å². The van der Waals surface area contributed by atoms with Crippen molar-refractivity contribution in [2.45, 2.75) is 25.1 Å². The molecule has 10 nitrogen and oxygen atoms in total. The van der Waals surface area contributed by atoms with E-state index in [1.165, 1.54) is 11.5 Å². The molecule has 0 radical (unpaired) electrons. The molecule has 1 N–H and O–H groups in total. The van der Waals surface area contributed by atoms with Crippen molar-refractivity contribution in [1.82, 2.24) is 39.8 Å². The van der Waals surface area contributed by atoms with E-state index in [9.17, 15) is 0 Å². The van der Waals surface area contributed by atoms with E-state index in [2.05, 4.69) is 46.0 Å². The van der Waals surface area contributed by atoms with Crippen LogP contribution in [0.15, 0.2) is 46.3 Å². The van der Waals surface area contributed by atoms with Gasteiger partial charge in [0.2, 0.25) is 0 Å². The molecule has 6 heterocycles. The molecule has 2 aliphatic heterocycles. The van der Waals surface area contributed by atoms with Crippen molar-refractivity contribution in [2.24, 2.45) is 0 Å². The fourth-order valence-electron chi connectivity index (χ4n) is 4.07. The van der Waals surface area contributed by atoms with Crippen LogP contribution in [0.25, 0.3) is 16.7 Å². The van der Waals surface area contributed by atoms with Gasteiger partial charge in [0.1, 0.15) is 34.5 Å². The van der Waals surface area contributed by atoms with E-state index in [-0.39, 0.29) is 12.3 Å². The van der Waals surface area contributed by atoms with Crippen LogP contribution in [0.4, 0.5) is 0 Å². The highest BCUT2D eigenvalue weighted by atomic mass is 32.1. The Morgan fingerprint density at radius 3 is 2.84 bits per heavy atom. The number of hydrogen-bond donors (Lipinski definition) is 1. The topological polar surface area (TPSA) is 119 Å². The molecule has 1 saturated heterocycles. The van der Waals surface area contributed by atoms with Crippen LogP contribution in [0.5, 0.6) is 0 Å². The monoisotopic (exact) mass is 452 g/mol. The first-order chi connectivity index (χ1) is 15.4. The minimum atomic E-state index is -0.292. The molecule has 2 atom stereocenters. The van der Waals surface area contributed by atoms with Crippen molar-refractivity contribution in [3.05, 3.63) is 64.0 Å². The first-order valence-electron chi connectivity index (χ1n) is 9.69. The minimum absolute atomic E-state index is 0.107. The summed E-state index contributed by atoms with van der Waals surface area (Å²) in [6, 6.07) is -0.292. The van der Waals surface area contributed by atoms with Gasteiger partial charge in [0.15, 0.2) is 6.26 Å². The number of ether oxygens (including phenoxy) is 1. The Bertz CT molecular complexity index is 1190. The Hall–Kier alpha value is -3.22. The van der Waals surface area contributed by atoms with Crippen molar-refractivity contribution >= 4 is 39.6 Å². The Morgan fingerprint density at radius 2 is 2.16 bits per heavy atom. The highest BCUT2D eigenvalue weighted by Gasteiger charge is 2.41. The highest BCUT2D eigenvalue weighted by Crippen LogP contribution is 2.50. The number of aromatic amines is 1. The zero-order chi connectivity index (χ0) is 20.6. The minimum Gasteiger partial charge on any atom is -0.358 e. The smallest absolute Gasteiger partial charge is 0.152 e. The Kier molecular flexibility index (Phi) is 4.66. The number of allylic oxidation sites excluding steroid dienone is 2. The summed E-state index contributed by atoms with van der Waals surface area (Å²) in [5.41, 5.74) is 4.08. The van der Waals surface area contributed by atoms with E-state index in [0.29, 0.717) is 5.69 Å². The third-order valence-electron chi connectivity index (χ3n) is 5.32. The number of thiazole rings is 1. The van der Waals surface area contributed by atoms with Gasteiger partial charge in [0.05, 0.1) is 0 Å². The predicted molar refractivity (Wildman–Crippen MR) is 113 cm³/mol. The summed E-state index contributed by atoms with van der Waals surface area (Å²) in [6.07, 6.45) is 10.8. The third kappa shape index (κ3) is 3.19. The fraction of sp³-hybridized carbons (Fsp3) is 0.263. The molecule has 31 heavy (non-hydrogen) atoms. The van der Waals surface area contributed by atoms with E-state index in [4.69, 9.17) is 9.26 Å². The number of H-pyrrole nitrogens is 1. The molecule has 0 bridgehead atoms. The zero-order valence-electron chi connectivity index (χ0n) is 16.1. The Morgan fingerprint density at radius 1 is 1.16 bits per heavy atom. The van der Waals surface area contributed by atoms with Gasteiger partial charge in [-0.1, -0.05) is 4.49 Å². The lowest BCUT2D eigenvalue weighted by molar-refractivity contribution is -0.00514. The molecule has 12 heteroatoms. The van der Waals surface area contributed by atoms with Crippen molar-refractivity contribution in [3.63, 3.8) is 0 Å². The second-order valence-electron chi connectivity index (χ2n) is 7.04. The second kappa shape index (κ2) is 7.80. The molecule has 156 valence electrons. The first-order valence-corrected chi connectivity index (χ1v) is 11.4. The summed E-state index contributed by atoms with van der Waals surface area (Å²) in [6.45, 7) is 0.720. The molecular weight excluding hydrogens is 436 g/mol.